The number of rotatable bonds is 0. The molecule has 3 aliphatic rings. The minimum atomic E-state index is -0.290. The average molecular weight is 1360 g/mol. The number of phenolic OH excluding ortho intramolecular Hbond substituents is 6. The molecule has 0 unspecified atom stereocenters. The molecule has 0 atom stereocenters. The van der Waals surface area contributed by atoms with E-state index in [0.29, 0.717) is 96.6 Å². The molecule has 14 heteroatoms. The molecule has 102 heavy (non-hydrogen) atoms. The van der Waals surface area contributed by atoms with Crippen molar-refractivity contribution >= 4 is 24.9 Å². The van der Waals surface area contributed by atoms with E-state index < -0.39 is 0 Å². The zero-order chi connectivity index (χ0) is 71.1. The van der Waals surface area contributed by atoms with E-state index in [-0.39, 0.29) is 97.9 Å². The van der Waals surface area contributed by atoms with E-state index in [0.717, 1.165) is 100 Å². The Labute approximate surface area is 597 Å². The van der Waals surface area contributed by atoms with Crippen molar-refractivity contribution in [2.45, 2.75) is 104 Å². The van der Waals surface area contributed by atoms with Crippen LogP contribution < -0.4 is 18.9 Å². The number of hydrogen-bond donors (Lipinski definition) is 6. The van der Waals surface area contributed by atoms with E-state index in [4.69, 9.17) is 38.9 Å². The maximum atomic E-state index is 12.2. The summed E-state index contributed by atoms with van der Waals surface area (Å²) in [5.74, 6) is 3.36. The van der Waals surface area contributed by atoms with Crippen LogP contribution in [0.2, 0.25) is 0 Å². The second-order valence-corrected chi connectivity index (χ2v) is 28.8. The lowest BCUT2D eigenvalue weighted by Gasteiger charge is -2.21. The summed E-state index contributed by atoms with van der Waals surface area (Å²) >= 11 is 0. The number of nitrogens with zero attached hydrogens (tertiary/aromatic N) is 4. The molecule has 520 valence electrons. The molecule has 0 radical (unpaired) electrons. The summed E-state index contributed by atoms with van der Waals surface area (Å²) in [5.41, 5.74) is 16.1. The van der Waals surface area contributed by atoms with Gasteiger partial charge in [0, 0.05) is 98.5 Å². The van der Waals surface area contributed by atoms with Crippen LogP contribution in [0.1, 0.15) is 164 Å². The smallest absolute Gasteiger partial charge is 0.133 e. The fourth-order valence-electron chi connectivity index (χ4n) is 13.8. The molecule has 0 spiro atoms. The van der Waals surface area contributed by atoms with Crippen LogP contribution in [0.15, 0.2) is 190 Å². The molecule has 0 fully saturated rings. The highest BCUT2D eigenvalue weighted by Gasteiger charge is 2.25. The Bertz CT molecular complexity index is 4140. The van der Waals surface area contributed by atoms with Gasteiger partial charge in [-0.25, -0.2) is 0 Å². The number of fused-ring (bicyclic) bond motifs is 8. The monoisotopic (exact) mass is 1360 g/mol. The lowest BCUT2D eigenvalue weighted by molar-refractivity contribution is 0.322. The van der Waals surface area contributed by atoms with Crippen LogP contribution in [0, 0.1) is 0 Å². The Hall–Kier alpha value is -11.1. The first-order chi connectivity index (χ1) is 49.3. The van der Waals surface area contributed by atoms with Crippen LogP contribution >= 0.6 is 0 Å². The van der Waals surface area contributed by atoms with Crippen LogP contribution in [0.3, 0.4) is 0 Å². The van der Waals surface area contributed by atoms with E-state index in [1.54, 1.807) is 24.9 Å². The molecule has 13 rings (SSSR count). The van der Waals surface area contributed by atoms with Crippen LogP contribution in [0.4, 0.5) is 0 Å². The number of phenols is 6. The van der Waals surface area contributed by atoms with Crippen molar-refractivity contribution < 1.29 is 49.6 Å². The Kier molecular flexibility index (Phi) is 20.7. The van der Waals surface area contributed by atoms with Crippen molar-refractivity contribution in [3.8, 4) is 57.5 Å². The molecular formula is C88H88N4O10. The molecule has 0 saturated carbocycles. The van der Waals surface area contributed by atoms with E-state index >= 15 is 0 Å². The first kappa shape index (κ1) is 69.4. The number of benzene rings is 10. The fraction of sp³-hybridized carbons (Fsp3) is 0.273. The van der Waals surface area contributed by atoms with Gasteiger partial charge in [-0.2, -0.15) is 0 Å². The van der Waals surface area contributed by atoms with E-state index in [2.05, 4.69) is 41.5 Å². The lowest BCUT2D eigenvalue weighted by Crippen LogP contribution is -2.13. The van der Waals surface area contributed by atoms with Gasteiger partial charge in [0.05, 0.1) is 26.2 Å². The maximum Gasteiger partial charge on any atom is 0.133 e. The van der Waals surface area contributed by atoms with Gasteiger partial charge in [0.1, 0.15) is 83.9 Å². The SMILES string of the molecule is CC(C)(C)c1cc2c(O)c(c1)C=NCCOc1c3cccc1Cc1cccc(c1O)Cc1cccc(c1OCCN=Cc1cc(C(C)(C)C)cc(c1O)C=NCCOc1c4cccc1Cc1cccc(c1O)Cc1cccc(c1OCCN=C2)Cc1cccc(c1O)C4)Cc1cccc(c1O)C3. The first-order valence-electron chi connectivity index (χ1n) is 35.2. The van der Waals surface area contributed by atoms with Crippen molar-refractivity contribution in [1.29, 1.82) is 0 Å². The van der Waals surface area contributed by atoms with Crippen molar-refractivity contribution in [2.24, 2.45) is 20.0 Å². The number of hydrogen-bond acceptors (Lipinski definition) is 14. The van der Waals surface area contributed by atoms with Gasteiger partial charge in [-0.15, -0.1) is 0 Å². The third-order valence-corrected chi connectivity index (χ3v) is 19.4. The Morgan fingerprint density at radius 1 is 0.245 bits per heavy atom. The zero-order valence-electron chi connectivity index (χ0n) is 58.9. The number of aromatic hydroxyl groups is 6. The Balaban J connectivity index is 0.869. The highest BCUT2D eigenvalue weighted by Crippen LogP contribution is 2.42. The van der Waals surface area contributed by atoms with Crippen molar-refractivity contribution in [3.05, 3.63) is 292 Å². The summed E-state index contributed by atoms with van der Waals surface area (Å²) in [5, 5.41) is 72.7. The van der Waals surface area contributed by atoms with Gasteiger partial charge in [0.2, 0.25) is 0 Å². The minimum absolute atomic E-state index is 0.0339. The zero-order valence-corrected chi connectivity index (χ0v) is 58.9. The van der Waals surface area contributed by atoms with Crippen molar-refractivity contribution in [1.82, 2.24) is 0 Å². The Morgan fingerprint density at radius 2 is 0.412 bits per heavy atom. The van der Waals surface area contributed by atoms with E-state index in [9.17, 15) is 30.6 Å². The number of para-hydroxylation sites is 8. The lowest BCUT2D eigenvalue weighted by atomic mass is 9.85. The molecule has 0 saturated heterocycles. The third kappa shape index (κ3) is 15.7. The summed E-state index contributed by atoms with van der Waals surface area (Å²) in [4.78, 5) is 19.3. The van der Waals surface area contributed by atoms with Crippen LogP contribution in [-0.4, -0.2) is 108 Å². The van der Waals surface area contributed by atoms with Gasteiger partial charge in [-0.3, -0.25) is 20.0 Å². The number of ether oxygens (including phenoxy) is 4. The summed E-state index contributed by atoms with van der Waals surface area (Å²) in [6.07, 6.45) is 9.55. The molecule has 10 aromatic carbocycles. The average Bonchev–Trinajstić information content (AvgIpc) is 0.790. The van der Waals surface area contributed by atoms with E-state index in [1.165, 1.54) is 0 Å². The predicted molar refractivity (Wildman–Crippen MR) is 406 cm³/mol. The molecule has 0 aromatic heterocycles. The molecule has 10 aromatic rings. The van der Waals surface area contributed by atoms with Crippen LogP contribution in [-0.2, 0) is 62.2 Å². The van der Waals surface area contributed by atoms with Crippen LogP contribution in [0.25, 0.3) is 0 Å². The molecule has 1 heterocycles. The molecule has 1 aliphatic heterocycles. The standard InChI is InChI=1S/C88H88N4O10/c1-87(2,3)75-47-71-51-89-31-35-99-83-63-23-11-24-64(83)40-56-16-8-20-60(78(56)94)44-68-28-13-27-67(43-59-19-7-15-55(39-63)77(59)93)85(68)101-37-33-91-53-73-49-76(88(4,5)6)50-74(82(73)98)54-92-34-38-102-86-69-29-14-30-70(86)46-62-22-10-18-58(80(62)96)42-66-26-12-25-65(41-57-17-9-21-61(45-69)79(57)95)84(66)100-36-32-90-52-72(48-75)81(71)97/h7-30,47-54,93-98H,31-46H2,1-6H3. The highest BCUT2D eigenvalue weighted by molar-refractivity contribution is 5.93. The topological polar surface area (TPSA) is 208 Å². The quantitative estimate of drug-likeness (QED) is 0.0847. The molecule has 6 N–H and O–H groups in total. The van der Waals surface area contributed by atoms with Crippen molar-refractivity contribution in [3.63, 3.8) is 0 Å². The number of aliphatic imine (C=N–C) groups is 4. The molecule has 2 aliphatic carbocycles. The largest absolute Gasteiger partial charge is 0.507 e. The highest BCUT2D eigenvalue weighted by atomic mass is 16.5. The second-order valence-electron chi connectivity index (χ2n) is 28.8. The third-order valence-electron chi connectivity index (χ3n) is 19.4. The summed E-state index contributed by atoms with van der Waals surface area (Å²) in [6.45, 7) is 14.5. The normalized spacial score (nSPS) is 14.7. The van der Waals surface area contributed by atoms with Gasteiger partial charge in [0.15, 0.2) is 0 Å². The molecule has 14 nitrogen and oxygen atoms in total. The van der Waals surface area contributed by atoms with Gasteiger partial charge in [-0.05, 0) is 135 Å². The Morgan fingerprint density at radius 3 is 0.578 bits per heavy atom. The first-order valence-corrected chi connectivity index (χ1v) is 35.2. The maximum absolute atomic E-state index is 12.2. The molecular weight excluding hydrogens is 1270 g/mol. The van der Waals surface area contributed by atoms with Crippen LogP contribution in [0.5, 0.6) is 57.5 Å². The second kappa shape index (κ2) is 30.4. The molecule has 24 bridgehead atoms. The molecule has 0 amide bonds. The van der Waals surface area contributed by atoms with Crippen molar-refractivity contribution in [2.75, 3.05) is 52.6 Å². The van der Waals surface area contributed by atoms with Gasteiger partial charge in [0.25, 0.3) is 0 Å². The van der Waals surface area contributed by atoms with Gasteiger partial charge in [-0.1, -0.05) is 187 Å². The minimum Gasteiger partial charge on any atom is -0.507 e. The summed E-state index contributed by atoms with van der Waals surface area (Å²) in [7, 11) is 0. The van der Waals surface area contributed by atoms with E-state index in [1.807, 2.05) is 170 Å². The fourth-order valence-corrected chi connectivity index (χ4v) is 13.8. The predicted octanol–water partition coefficient (Wildman–Crippen LogP) is 16.2. The van der Waals surface area contributed by atoms with Gasteiger partial charge >= 0.3 is 0 Å². The van der Waals surface area contributed by atoms with Gasteiger partial charge < -0.3 is 49.6 Å². The summed E-state index contributed by atoms with van der Waals surface area (Å²) in [6, 6.07) is 55.2. The summed E-state index contributed by atoms with van der Waals surface area (Å²) < 4.78 is 27.1.